The monoisotopic (exact) mass is 211 g/mol. The predicted octanol–water partition coefficient (Wildman–Crippen LogP) is 0.231. The van der Waals surface area contributed by atoms with Crippen LogP contribution >= 0.6 is 0 Å². The SMILES string of the molecule is Cc1[nH]nc(C(=O)NCCC(=O)O)c1C. The van der Waals surface area contributed by atoms with Crippen molar-refractivity contribution in [3.63, 3.8) is 0 Å². The number of aromatic amines is 1. The number of carboxylic acid groups (broad SMARTS) is 1. The molecule has 6 nitrogen and oxygen atoms in total. The maximum atomic E-state index is 11.5. The highest BCUT2D eigenvalue weighted by atomic mass is 16.4. The van der Waals surface area contributed by atoms with Gasteiger partial charge in [0.05, 0.1) is 6.42 Å². The van der Waals surface area contributed by atoms with Gasteiger partial charge >= 0.3 is 5.97 Å². The minimum absolute atomic E-state index is 0.0891. The standard InChI is InChI=1S/C9H13N3O3/c1-5-6(2)11-12-8(5)9(15)10-4-3-7(13)14/h3-4H2,1-2H3,(H,10,15)(H,11,12)(H,13,14). The van der Waals surface area contributed by atoms with Gasteiger partial charge in [0, 0.05) is 17.8 Å². The summed E-state index contributed by atoms with van der Waals surface area (Å²) in [6.45, 7) is 3.71. The Labute approximate surface area is 86.7 Å². The van der Waals surface area contributed by atoms with Gasteiger partial charge in [-0.1, -0.05) is 0 Å². The summed E-state index contributed by atoms with van der Waals surface area (Å²) in [4.78, 5) is 21.7. The summed E-state index contributed by atoms with van der Waals surface area (Å²) in [5, 5.41) is 17.4. The van der Waals surface area contributed by atoms with Gasteiger partial charge < -0.3 is 10.4 Å². The zero-order valence-electron chi connectivity index (χ0n) is 8.63. The number of hydrogen-bond donors (Lipinski definition) is 3. The number of H-pyrrole nitrogens is 1. The number of amides is 1. The van der Waals surface area contributed by atoms with Crippen molar-refractivity contribution >= 4 is 11.9 Å². The minimum Gasteiger partial charge on any atom is -0.481 e. The second-order valence-corrected chi connectivity index (χ2v) is 3.22. The van der Waals surface area contributed by atoms with Gasteiger partial charge in [0.25, 0.3) is 5.91 Å². The summed E-state index contributed by atoms with van der Waals surface area (Å²) < 4.78 is 0. The third-order valence-corrected chi connectivity index (χ3v) is 2.09. The number of aromatic nitrogens is 2. The van der Waals surface area contributed by atoms with E-state index >= 15 is 0 Å². The van der Waals surface area contributed by atoms with E-state index in [0.717, 1.165) is 11.3 Å². The van der Waals surface area contributed by atoms with Gasteiger partial charge in [0.2, 0.25) is 0 Å². The number of nitrogens with one attached hydrogen (secondary N) is 2. The summed E-state index contributed by atoms with van der Waals surface area (Å²) in [6.07, 6.45) is -0.0891. The Balaban J connectivity index is 2.54. The van der Waals surface area contributed by atoms with Crippen LogP contribution in [0.15, 0.2) is 0 Å². The molecular formula is C9H13N3O3. The number of carboxylic acids is 1. The summed E-state index contributed by atoms with van der Waals surface area (Å²) >= 11 is 0. The summed E-state index contributed by atoms with van der Waals surface area (Å²) in [5.41, 5.74) is 1.93. The molecule has 0 fully saturated rings. The molecule has 15 heavy (non-hydrogen) atoms. The first-order valence-corrected chi connectivity index (χ1v) is 4.54. The first-order chi connectivity index (χ1) is 7.02. The van der Waals surface area contributed by atoms with Gasteiger partial charge in [-0.05, 0) is 13.8 Å². The molecule has 0 atom stereocenters. The largest absolute Gasteiger partial charge is 0.481 e. The minimum atomic E-state index is -0.940. The molecule has 6 heteroatoms. The van der Waals surface area contributed by atoms with Crippen LogP contribution in [0.25, 0.3) is 0 Å². The van der Waals surface area contributed by atoms with Crippen LogP contribution in [0.4, 0.5) is 0 Å². The Bertz CT molecular complexity index is 384. The lowest BCUT2D eigenvalue weighted by molar-refractivity contribution is -0.136. The number of hydrogen-bond acceptors (Lipinski definition) is 3. The van der Waals surface area contributed by atoms with E-state index in [1.54, 1.807) is 6.92 Å². The molecule has 1 heterocycles. The Morgan fingerprint density at radius 1 is 1.47 bits per heavy atom. The van der Waals surface area contributed by atoms with Crippen LogP contribution in [0.5, 0.6) is 0 Å². The molecule has 0 saturated heterocycles. The molecule has 0 bridgehead atoms. The number of aryl methyl sites for hydroxylation is 1. The van der Waals surface area contributed by atoms with Crippen molar-refractivity contribution in [1.82, 2.24) is 15.5 Å². The van der Waals surface area contributed by atoms with Gasteiger partial charge in [-0.2, -0.15) is 5.10 Å². The predicted molar refractivity (Wildman–Crippen MR) is 52.6 cm³/mol. The van der Waals surface area contributed by atoms with Gasteiger partial charge in [-0.25, -0.2) is 0 Å². The van der Waals surface area contributed by atoms with E-state index in [4.69, 9.17) is 5.11 Å². The zero-order chi connectivity index (χ0) is 11.4. The van der Waals surface area contributed by atoms with Crippen molar-refractivity contribution in [2.45, 2.75) is 20.3 Å². The van der Waals surface area contributed by atoms with Crippen molar-refractivity contribution < 1.29 is 14.7 Å². The Kier molecular flexibility index (Phi) is 3.43. The van der Waals surface area contributed by atoms with E-state index in [1.807, 2.05) is 6.92 Å². The smallest absolute Gasteiger partial charge is 0.305 e. The van der Waals surface area contributed by atoms with Crippen LogP contribution in [0.1, 0.15) is 28.2 Å². The van der Waals surface area contributed by atoms with Gasteiger partial charge in [-0.3, -0.25) is 14.7 Å². The lowest BCUT2D eigenvalue weighted by Crippen LogP contribution is -2.26. The van der Waals surface area contributed by atoms with Crippen molar-refractivity contribution in [2.75, 3.05) is 6.54 Å². The van der Waals surface area contributed by atoms with E-state index in [2.05, 4.69) is 15.5 Å². The molecule has 0 aliphatic carbocycles. The number of carbonyl (C=O) groups excluding carboxylic acids is 1. The molecule has 1 aromatic rings. The third-order valence-electron chi connectivity index (χ3n) is 2.09. The van der Waals surface area contributed by atoms with E-state index < -0.39 is 5.97 Å². The normalized spacial score (nSPS) is 10.0. The van der Waals surface area contributed by atoms with Crippen LogP contribution in [0.3, 0.4) is 0 Å². The quantitative estimate of drug-likeness (QED) is 0.664. The first kappa shape index (κ1) is 11.2. The zero-order valence-corrected chi connectivity index (χ0v) is 8.63. The van der Waals surface area contributed by atoms with Crippen LogP contribution in [0.2, 0.25) is 0 Å². The second-order valence-electron chi connectivity index (χ2n) is 3.22. The van der Waals surface area contributed by atoms with Crippen LogP contribution in [-0.4, -0.2) is 33.7 Å². The van der Waals surface area contributed by atoms with Crippen molar-refractivity contribution in [2.24, 2.45) is 0 Å². The van der Waals surface area contributed by atoms with E-state index in [9.17, 15) is 9.59 Å². The van der Waals surface area contributed by atoms with Crippen molar-refractivity contribution in [3.8, 4) is 0 Å². The Morgan fingerprint density at radius 3 is 2.60 bits per heavy atom. The summed E-state index contributed by atoms with van der Waals surface area (Å²) in [5.74, 6) is -1.29. The lowest BCUT2D eigenvalue weighted by Gasteiger charge is -2.01. The van der Waals surface area contributed by atoms with Crippen LogP contribution in [-0.2, 0) is 4.79 Å². The van der Waals surface area contributed by atoms with E-state index in [0.29, 0.717) is 5.69 Å². The number of nitrogens with zero attached hydrogens (tertiary/aromatic N) is 1. The molecule has 0 saturated carbocycles. The molecule has 0 aliphatic heterocycles. The molecule has 0 unspecified atom stereocenters. The third kappa shape index (κ3) is 2.80. The average Bonchev–Trinajstić information content (AvgIpc) is 2.47. The fraction of sp³-hybridized carbons (Fsp3) is 0.444. The Morgan fingerprint density at radius 2 is 2.13 bits per heavy atom. The molecule has 1 aromatic heterocycles. The van der Waals surface area contributed by atoms with Gasteiger partial charge in [0.1, 0.15) is 0 Å². The van der Waals surface area contributed by atoms with Gasteiger partial charge in [0.15, 0.2) is 5.69 Å². The van der Waals surface area contributed by atoms with Crippen molar-refractivity contribution in [3.05, 3.63) is 17.0 Å². The Hall–Kier alpha value is -1.85. The molecule has 3 N–H and O–H groups in total. The lowest BCUT2D eigenvalue weighted by atomic mass is 10.2. The molecule has 0 aromatic carbocycles. The highest BCUT2D eigenvalue weighted by Gasteiger charge is 2.13. The molecule has 1 amide bonds. The average molecular weight is 211 g/mol. The number of aliphatic carboxylic acids is 1. The van der Waals surface area contributed by atoms with Crippen molar-refractivity contribution in [1.29, 1.82) is 0 Å². The molecule has 0 radical (unpaired) electrons. The van der Waals surface area contributed by atoms with E-state index in [1.165, 1.54) is 0 Å². The second kappa shape index (κ2) is 4.59. The highest BCUT2D eigenvalue weighted by molar-refractivity contribution is 5.93. The van der Waals surface area contributed by atoms with Gasteiger partial charge in [-0.15, -0.1) is 0 Å². The molecule has 82 valence electrons. The molecule has 1 rings (SSSR count). The molecule has 0 spiro atoms. The van der Waals surface area contributed by atoms with E-state index in [-0.39, 0.29) is 18.9 Å². The van der Waals surface area contributed by atoms with Crippen LogP contribution in [0, 0.1) is 13.8 Å². The first-order valence-electron chi connectivity index (χ1n) is 4.54. The highest BCUT2D eigenvalue weighted by Crippen LogP contribution is 2.07. The summed E-state index contributed by atoms with van der Waals surface area (Å²) in [7, 11) is 0. The number of rotatable bonds is 4. The molecular weight excluding hydrogens is 198 g/mol. The van der Waals surface area contributed by atoms with Crippen LogP contribution < -0.4 is 5.32 Å². The number of carbonyl (C=O) groups is 2. The summed E-state index contributed by atoms with van der Waals surface area (Å²) in [6, 6.07) is 0. The topological polar surface area (TPSA) is 95.1 Å². The molecule has 0 aliphatic rings. The maximum Gasteiger partial charge on any atom is 0.305 e. The maximum absolute atomic E-state index is 11.5. The fourth-order valence-corrected chi connectivity index (χ4v) is 1.07. The fourth-order valence-electron chi connectivity index (χ4n) is 1.07.